The fourth-order valence-corrected chi connectivity index (χ4v) is 2.08. The van der Waals surface area contributed by atoms with Gasteiger partial charge in [-0.15, -0.1) is 0 Å². The van der Waals surface area contributed by atoms with Crippen molar-refractivity contribution in [2.45, 2.75) is 12.5 Å². The number of hydrogen-bond donors (Lipinski definition) is 2. The largest absolute Gasteiger partial charge is 0.386 e. The maximum Gasteiger partial charge on any atom is 0.254 e. The lowest BCUT2D eigenvalue weighted by Gasteiger charge is -2.44. The Balaban J connectivity index is 1.86. The average Bonchev–Trinajstić information content (AvgIpc) is 2.71. The van der Waals surface area contributed by atoms with Crippen LogP contribution in [0.5, 0.6) is 0 Å². The smallest absolute Gasteiger partial charge is 0.254 e. The van der Waals surface area contributed by atoms with E-state index in [2.05, 4.69) is 15.4 Å². The second kappa shape index (κ2) is 3.27. The first-order chi connectivity index (χ1) is 8.05. The first-order valence-corrected chi connectivity index (χ1v) is 5.37. The van der Waals surface area contributed by atoms with Crippen LogP contribution in [-0.2, 0) is 0 Å². The molecule has 0 unspecified atom stereocenters. The van der Waals surface area contributed by atoms with Crippen LogP contribution in [0.15, 0.2) is 18.2 Å². The first-order valence-electron chi connectivity index (χ1n) is 5.37. The van der Waals surface area contributed by atoms with Crippen LogP contribution in [-0.4, -0.2) is 50.0 Å². The average molecular weight is 232 g/mol. The molecule has 0 bridgehead atoms. The Bertz CT molecular complexity index is 582. The molecule has 2 aromatic rings. The van der Waals surface area contributed by atoms with Gasteiger partial charge in [-0.1, -0.05) is 0 Å². The molecular formula is C11H12N4O2. The molecule has 0 atom stereocenters. The van der Waals surface area contributed by atoms with Gasteiger partial charge in [0.2, 0.25) is 0 Å². The van der Waals surface area contributed by atoms with E-state index in [9.17, 15) is 9.90 Å². The van der Waals surface area contributed by atoms with E-state index in [1.54, 1.807) is 30.0 Å². The zero-order valence-corrected chi connectivity index (χ0v) is 9.34. The first kappa shape index (κ1) is 10.2. The Morgan fingerprint density at radius 2 is 2.12 bits per heavy atom. The van der Waals surface area contributed by atoms with Gasteiger partial charge >= 0.3 is 0 Å². The van der Waals surface area contributed by atoms with Gasteiger partial charge in [-0.25, -0.2) is 0 Å². The van der Waals surface area contributed by atoms with Crippen molar-refractivity contribution in [2.75, 3.05) is 13.1 Å². The molecule has 2 N–H and O–H groups in total. The molecule has 1 amide bonds. The van der Waals surface area contributed by atoms with Crippen LogP contribution in [0.25, 0.3) is 11.0 Å². The fraction of sp³-hybridized carbons (Fsp3) is 0.364. The van der Waals surface area contributed by atoms with Gasteiger partial charge in [0.25, 0.3) is 5.91 Å². The molecule has 0 spiro atoms. The van der Waals surface area contributed by atoms with Crippen LogP contribution >= 0.6 is 0 Å². The number of H-pyrrole nitrogens is 1. The molecule has 0 saturated carbocycles. The maximum absolute atomic E-state index is 12.0. The lowest BCUT2D eigenvalue weighted by atomic mass is 9.96. The van der Waals surface area contributed by atoms with E-state index >= 15 is 0 Å². The molecule has 0 radical (unpaired) electrons. The summed E-state index contributed by atoms with van der Waals surface area (Å²) in [5.41, 5.74) is 1.23. The molecule has 1 aliphatic rings. The van der Waals surface area contributed by atoms with E-state index in [-0.39, 0.29) is 5.91 Å². The van der Waals surface area contributed by atoms with E-state index in [0.29, 0.717) is 24.2 Å². The number of carbonyl (C=O) groups is 1. The molecule has 0 aliphatic carbocycles. The summed E-state index contributed by atoms with van der Waals surface area (Å²) in [5.74, 6) is -0.0820. The van der Waals surface area contributed by atoms with Gasteiger partial charge in [-0.2, -0.15) is 15.4 Å². The van der Waals surface area contributed by atoms with Crippen molar-refractivity contribution in [2.24, 2.45) is 0 Å². The number of rotatable bonds is 1. The lowest BCUT2D eigenvalue weighted by molar-refractivity contribution is -0.0668. The third-order valence-corrected chi connectivity index (χ3v) is 2.91. The summed E-state index contributed by atoms with van der Waals surface area (Å²) >= 11 is 0. The van der Waals surface area contributed by atoms with E-state index < -0.39 is 5.60 Å². The molecule has 6 nitrogen and oxygen atoms in total. The van der Waals surface area contributed by atoms with Crippen molar-refractivity contribution in [3.63, 3.8) is 0 Å². The highest BCUT2D eigenvalue weighted by Crippen LogP contribution is 2.22. The van der Waals surface area contributed by atoms with Crippen LogP contribution < -0.4 is 0 Å². The zero-order chi connectivity index (χ0) is 12.0. The van der Waals surface area contributed by atoms with Gasteiger partial charge in [0, 0.05) is 5.56 Å². The molecule has 2 heterocycles. The van der Waals surface area contributed by atoms with Crippen molar-refractivity contribution in [3.05, 3.63) is 23.8 Å². The summed E-state index contributed by atoms with van der Waals surface area (Å²) in [5, 5.41) is 20.0. The number of aliphatic hydroxyl groups is 1. The third kappa shape index (κ3) is 1.66. The highest BCUT2D eigenvalue weighted by atomic mass is 16.3. The third-order valence-electron chi connectivity index (χ3n) is 2.91. The molecule has 1 fully saturated rings. The Labute approximate surface area is 97.2 Å². The summed E-state index contributed by atoms with van der Waals surface area (Å²) in [6.07, 6.45) is 0. The molecule has 1 aromatic heterocycles. The van der Waals surface area contributed by atoms with Crippen molar-refractivity contribution in [3.8, 4) is 0 Å². The molecule has 3 rings (SSSR count). The number of benzene rings is 1. The summed E-state index contributed by atoms with van der Waals surface area (Å²) in [6, 6.07) is 5.18. The quantitative estimate of drug-likeness (QED) is 0.734. The molecule has 88 valence electrons. The molecule has 1 aliphatic heterocycles. The molecule has 1 aromatic carbocycles. The van der Waals surface area contributed by atoms with Crippen molar-refractivity contribution in [1.82, 2.24) is 20.3 Å². The number of nitrogens with one attached hydrogen (secondary N) is 1. The SMILES string of the molecule is CC1(O)CN(C(=O)c2ccc3n[nH]nc3c2)C1. The monoisotopic (exact) mass is 232 g/mol. The van der Waals surface area contributed by atoms with Crippen LogP contribution in [0.4, 0.5) is 0 Å². The van der Waals surface area contributed by atoms with Crippen LogP contribution in [0, 0.1) is 0 Å². The maximum atomic E-state index is 12.0. The van der Waals surface area contributed by atoms with Crippen molar-refractivity contribution < 1.29 is 9.90 Å². The Hall–Kier alpha value is -1.95. The minimum atomic E-state index is -0.742. The van der Waals surface area contributed by atoms with E-state index in [1.807, 2.05) is 0 Å². The topological polar surface area (TPSA) is 82.1 Å². The van der Waals surface area contributed by atoms with Crippen molar-refractivity contribution in [1.29, 1.82) is 0 Å². The Kier molecular flexibility index (Phi) is 1.97. The predicted molar refractivity (Wildman–Crippen MR) is 60.4 cm³/mol. The number of aromatic nitrogens is 3. The highest BCUT2D eigenvalue weighted by molar-refractivity contribution is 5.97. The van der Waals surface area contributed by atoms with E-state index in [1.165, 1.54) is 0 Å². The number of carbonyl (C=O) groups excluding carboxylic acids is 1. The van der Waals surface area contributed by atoms with Crippen LogP contribution in [0.2, 0.25) is 0 Å². The van der Waals surface area contributed by atoms with Gasteiger partial charge in [0.05, 0.1) is 18.7 Å². The minimum Gasteiger partial charge on any atom is -0.386 e. The molecule has 6 heteroatoms. The number of likely N-dealkylation sites (tertiary alicyclic amines) is 1. The number of amides is 1. The minimum absolute atomic E-state index is 0.0820. The van der Waals surface area contributed by atoms with Gasteiger partial charge in [0.15, 0.2) is 0 Å². The van der Waals surface area contributed by atoms with Crippen LogP contribution in [0.1, 0.15) is 17.3 Å². The van der Waals surface area contributed by atoms with Crippen molar-refractivity contribution >= 4 is 16.9 Å². The van der Waals surface area contributed by atoms with Gasteiger partial charge in [-0.3, -0.25) is 4.79 Å². The number of β-amino-alcohol motifs (C(OH)–C–C–N with tert-alkyl or cyclic N) is 1. The fourth-order valence-electron chi connectivity index (χ4n) is 2.08. The van der Waals surface area contributed by atoms with Gasteiger partial charge in [0.1, 0.15) is 11.0 Å². The highest BCUT2D eigenvalue weighted by Gasteiger charge is 2.39. The van der Waals surface area contributed by atoms with Gasteiger partial charge < -0.3 is 10.0 Å². The number of nitrogens with zero attached hydrogens (tertiary/aromatic N) is 3. The summed E-state index contributed by atoms with van der Waals surface area (Å²) in [4.78, 5) is 13.6. The number of aromatic amines is 1. The van der Waals surface area contributed by atoms with E-state index in [4.69, 9.17) is 0 Å². The number of fused-ring (bicyclic) bond motifs is 1. The molecular weight excluding hydrogens is 220 g/mol. The van der Waals surface area contributed by atoms with Gasteiger partial charge in [-0.05, 0) is 25.1 Å². The standard InChI is InChI=1S/C11H12N4O2/c1-11(17)5-15(6-11)10(16)7-2-3-8-9(4-7)13-14-12-8/h2-4,17H,5-6H2,1H3,(H,12,13,14). The second-order valence-corrected chi connectivity index (χ2v) is 4.69. The lowest BCUT2D eigenvalue weighted by Crippen LogP contribution is -2.61. The van der Waals surface area contributed by atoms with Crippen LogP contribution in [0.3, 0.4) is 0 Å². The molecule has 17 heavy (non-hydrogen) atoms. The number of hydrogen-bond acceptors (Lipinski definition) is 4. The molecule has 1 saturated heterocycles. The second-order valence-electron chi connectivity index (χ2n) is 4.69. The normalized spacial score (nSPS) is 18.1. The predicted octanol–water partition coefficient (Wildman–Crippen LogP) is 0.165. The van der Waals surface area contributed by atoms with E-state index in [0.717, 1.165) is 5.52 Å². The summed E-state index contributed by atoms with van der Waals surface area (Å²) in [6.45, 7) is 2.48. The zero-order valence-electron chi connectivity index (χ0n) is 9.34. The summed E-state index contributed by atoms with van der Waals surface area (Å²) < 4.78 is 0. The summed E-state index contributed by atoms with van der Waals surface area (Å²) in [7, 11) is 0. The Morgan fingerprint density at radius 3 is 2.82 bits per heavy atom. The Morgan fingerprint density at radius 1 is 1.41 bits per heavy atom.